The molecule has 0 bridgehead atoms. The van der Waals surface area contributed by atoms with Crippen molar-refractivity contribution >= 4 is 5.91 Å². The Labute approximate surface area is 148 Å². The topological polar surface area (TPSA) is 50.8 Å². The molecule has 0 radical (unpaired) electrons. The molecule has 5 heteroatoms. The van der Waals surface area contributed by atoms with Gasteiger partial charge < -0.3 is 14.8 Å². The van der Waals surface area contributed by atoms with E-state index in [0.717, 1.165) is 52.3 Å². The lowest BCUT2D eigenvalue weighted by molar-refractivity contribution is -0.125. The molecule has 1 saturated heterocycles. The number of carbonyl (C=O) groups excluding carboxylic acids is 1. The maximum absolute atomic E-state index is 11.8. The number of amides is 1. The van der Waals surface area contributed by atoms with Crippen molar-refractivity contribution in [3.63, 3.8) is 0 Å². The first-order valence-electron chi connectivity index (χ1n) is 9.51. The number of rotatable bonds is 10. The Morgan fingerprint density at radius 2 is 2.12 bits per heavy atom. The highest BCUT2D eigenvalue weighted by atomic mass is 16.5. The molecule has 2 unspecified atom stereocenters. The largest absolute Gasteiger partial charge is 0.380 e. The second kappa shape index (κ2) is 11.1. The summed E-state index contributed by atoms with van der Waals surface area (Å²) >= 11 is 0. The van der Waals surface area contributed by atoms with Crippen LogP contribution in [0.2, 0.25) is 0 Å². The standard InChI is InChI=1S/C19H38N2O3/c1-6-16(2)18(22)20-14-17-15-21(10-13-24-17)9-12-23-11-7-8-19(3,4)5/h16-17H,6-15H2,1-5H3,(H,20,22). The monoisotopic (exact) mass is 342 g/mol. The minimum atomic E-state index is 0.0752. The van der Waals surface area contributed by atoms with Crippen LogP contribution in [0.3, 0.4) is 0 Å². The van der Waals surface area contributed by atoms with Gasteiger partial charge in [0.15, 0.2) is 0 Å². The first-order valence-corrected chi connectivity index (χ1v) is 9.51. The molecule has 1 fully saturated rings. The van der Waals surface area contributed by atoms with Gasteiger partial charge in [-0.3, -0.25) is 9.69 Å². The zero-order chi connectivity index (χ0) is 18.0. The lowest BCUT2D eigenvalue weighted by Gasteiger charge is -2.33. The highest BCUT2D eigenvalue weighted by Crippen LogP contribution is 2.20. The second-order valence-electron chi connectivity index (χ2n) is 8.12. The van der Waals surface area contributed by atoms with Gasteiger partial charge in [0.1, 0.15) is 0 Å². The predicted molar refractivity (Wildman–Crippen MR) is 98.2 cm³/mol. The quantitative estimate of drug-likeness (QED) is 0.620. The fraction of sp³-hybridized carbons (Fsp3) is 0.947. The van der Waals surface area contributed by atoms with Gasteiger partial charge in [0, 0.05) is 38.7 Å². The van der Waals surface area contributed by atoms with Gasteiger partial charge >= 0.3 is 0 Å². The number of nitrogens with one attached hydrogen (secondary N) is 1. The number of nitrogens with zero attached hydrogens (tertiary/aromatic N) is 1. The molecule has 24 heavy (non-hydrogen) atoms. The van der Waals surface area contributed by atoms with Crippen molar-refractivity contribution in [2.45, 2.75) is 60.0 Å². The molecular weight excluding hydrogens is 304 g/mol. The number of morpholine rings is 1. The summed E-state index contributed by atoms with van der Waals surface area (Å²) in [5.41, 5.74) is 0.389. The number of carbonyl (C=O) groups is 1. The SMILES string of the molecule is CCC(C)C(=O)NCC1CN(CCOCCCC(C)(C)C)CCO1. The zero-order valence-electron chi connectivity index (χ0n) is 16.4. The summed E-state index contributed by atoms with van der Waals surface area (Å²) in [5.74, 6) is 0.201. The summed E-state index contributed by atoms with van der Waals surface area (Å²) < 4.78 is 11.5. The molecule has 0 aliphatic carbocycles. The third-order valence-corrected chi connectivity index (χ3v) is 4.55. The third-order valence-electron chi connectivity index (χ3n) is 4.55. The highest BCUT2D eigenvalue weighted by molar-refractivity contribution is 5.78. The van der Waals surface area contributed by atoms with Gasteiger partial charge in [-0.1, -0.05) is 34.6 Å². The van der Waals surface area contributed by atoms with Crippen LogP contribution in [0.15, 0.2) is 0 Å². The van der Waals surface area contributed by atoms with E-state index in [0.29, 0.717) is 12.0 Å². The number of ether oxygens (including phenoxy) is 2. The van der Waals surface area contributed by atoms with Crippen LogP contribution in [0.4, 0.5) is 0 Å². The van der Waals surface area contributed by atoms with E-state index in [1.807, 2.05) is 13.8 Å². The maximum atomic E-state index is 11.8. The smallest absolute Gasteiger partial charge is 0.222 e. The zero-order valence-corrected chi connectivity index (χ0v) is 16.4. The van der Waals surface area contributed by atoms with Gasteiger partial charge in [-0.2, -0.15) is 0 Å². The Balaban J connectivity index is 2.11. The lowest BCUT2D eigenvalue weighted by atomic mass is 9.91. The fourth-order valence-corrected chi connectivity index (χ4v) is 2.68. The first kappa shape index (κ1) is 21.4. The van der Waals surface area contributed by atoms with E-state index < -0.39 is 0 Å². The Morgan fingerprint density at radius 1 is 1.38 bits per heavy atom. The Bertz CT molecular complexity index is 355. The van der Waals surface area contributed by atoms with Gasteiger partial charge in [0.2, 0.25) is 5.91 Å². The normalized spacial score (nSPS) is 20.8. The van der Waals surface area contributed by atoms with Crippen molar-refractivity contribution in [2.24, 2.45) is 11.3 Å². The molecule has 1 amide bonds. The van der Waals surface area contributed by atoms with E-state index in [4.69, 9.17) is 9.47 Å². The lowest BCUT2D eigenvalue weighted by Crippen LogP contribution is -2.48. The third kappa shape index (κ3) is 9.60. The van der Waals surface area contributed by atoms with E-state index in [1.165, 1.54) is 6.42 Å². The van der Waals surface area contributed by atoms with Crippen LogP contribution >= 0.6 is 0 Å². The average molecular weight is 343 g/mol. The molecule has 1 aliphatic heterocycles. The van der Waals surface area contributed by atoms with Crippen molar-refractivity contribution in [2.75, 3.05) is 46.0 Å². The van der Waals surface area contributed by atoms with Crippen LogP contribution < -0.4 is 5.32 Å². The highest BCUT2D eigenvalue weighted by Gasteiger charge is 2.21. The first-order chi connectivity index (χ1) is 11.3. The van der Waals surface area contributed by atoms with E-state index >= 15 is 0 Å². The molecular formula is C19H38N2O3. The molecule has 1 N–H and O–H groups in total. The minimum Gasteiger partial charge on any atom is -0.380 e. The Kier molecular flexibility index (Phi) is 9.86. The summed E-state index contributed by atoms with van der Waals surface area (Å²) in [5, 5.41) is 3.00. The molecule has 0 saturated carbocycles. The van der Waals surface area contributed by atoms with Gasteiger partial charge in [-0.15, -0.1) is 0 Å². The van der Waals surface area contributed by atoms with Crippen LogP contribution in [-0.4, -0.2) is 62.9 Å². The van der Waals surface area contributed by atoms with Crippen molar-refractivity contribution in [1.29, 1.82) is 0 Å². The Hall–Kier alpha value is -0.650. The summed E-state index contributed by atoms with van der Waals surface area (Å²) in [6.45, 7) is 16.5. The van der Waals surface area contributed by atoms with Crippen LogP contribution in [-0.2, 0) is 14.3 Å². The van der Waals surface area contributed by atoms with Gasteiger partial charge in [-0.25, -0.2) is 0 Å². The molecule has 0 aromatic heterocycles. The van der Waals surface area contributed by atoms with Crippen LogP contribution in [0.1, 0.15) is 53.9 Å². The maximum Gasteiger partial charge on any atom is 0.222 e. The van der Waals surface area contributed by atoms with E-state index in [-0.39, 0.29) is 17.9 Å². The molecule has 0 aromatic carbocycles. The Morgan fingerprint density at radius 3 is 2.79 bits per heavy atom. The minimum absolute atomic E-state index is 0.0752. The molecule has 2 atom stereocenters. The molecule has 1 aliphatic rings. The second-order valence-corrected chi connectivity index (χ2v) is 8.12. The van der Waals surface area contributed by atoms with Crippen molar-refractivity contribution in [1.82, 2.24) is 10.2 Å². The molecule has 1 heterocycles. The van der Waals surface area contributed by atoms with Crippen LogP contribution in [0.5, 0.6) is 0 Å². The van der Waals surface area contributed by atoms with Crippen LogP contribution in [0.25, 0.3) is 0 Å². The number of hydrogen-bond acceptors (Lipinski definition) is 4. The predicted octanol–water partition coefficient (Wildman–Crippen LogP) is 2.69. The molecule has 0 aromatic rings. The van der Waals surface area contributed by atoms with E-state index in [2.05, 4.69) is 31.0 Å². The average Bonchev–Trinajstić information content (AvgIpc) is 2.54. The molecule has 0 spiro atoms. The van der Waals surface area contributed by atoms with Gasteiger partial charge in [0.25, 0.3) is 0 Å². The summed E-state index contributed by atoms with van der Waals surface area (Å²) in [7, 11) is 0. The molecule has 5 nitrogen and oxygen atoms in total. The van der Waals surface area contributed by atoms with E-state index in [1.54, 1.807) is 0 Å². The fourth-order valence-electron chi connectivity index (χ4n) is 2.68. The number of hydrogen-bond donors (Lipinski definition) is 1. The summed E-state index contributed by atoms with van der Waals surface area (Å²) in [6.07, 6.45) is 3.28. The van der Waals surface area contributed by atoms with Crippen molar-refractivity contribution in [3.05, 3.63) is 0 Å². The molecule has 142 valence electrons. The van der Waals surface area contributed by atoms with Crippen molar-refractivity contribution in [3.8, 4) is 0 Å². The summed E-state index contributed by atoms with van der Waals surface area (Å²) in [6, 6.07) is 0. The van der Waals surface area contributed by atoms with Crippen LogP contribution in [0, 0.1) is 11.3 Å². The van der Waals surface area contributed by atoms with E-state index in [9.17, 15) is 4.79 Å². The van der Waals surface area contributed by atoms with Gasteiger partial charge in [-0.05, 0) is 24.7 Å². The van der Waals surface area contributed by atoms with Gasteiger partial charge in [0.05, 0.1) is 19.3 Å². The molecule has 1 rings (SSSR count). The summed E-state index contributed by atoms with van der Waals surface area (Å²) in [4.78, 5) is 14.2. The van der Waals surface area contributed by atoms with Crippen molar-refractivity contribution < 1.29 is 14.3 Å².